The van der Waals surface area contributed by atoms with Gasteiger partial charge in [-0.25, -0.2) is 4.39 Å². The van der Waals surface area contributed by atoms with Crippen LogP contribution in [0.15, 0.2) is 54.6 Å². The van der Waals surface area contributed by atoms with E-state index in [0.717, 1.165) is 55.4 Å². The molecule has 1 fully saturated rings. The van der Waals surface area contributed by atoms with Crippen molar-refractivity contribution in [3.8, 4) is 5.75 Å². The number of ether oxygens (including phenoxy) is 1. The van der Waals surface area contributed by atoms with Gasteiger partial charge in [0.1, 0.15) is 11.6 Å². The normalized spacial score (nSPS) is 14.8. The Bertz CT molecular complexity index is 973. The Balaban J connectivity index is 1.50. The van der Waals surface area contributed by atoms with Crippen LogP contribution in [0.3, 0.4) is 0 Å². The number of rotatable bonds is 9. The first-order valence-corrected chi connectivity index (χ1v) is 11.8. The molecule has 1 aliphatic heterocycles. The smallest absolute Gasteiger partial charge is 0.123 e. The van der Waals surface area contributed by atoms with Crippen molar-refractivity contribution < 1.29 is 9.13 Å². The molecule has 1 aromatic heterocycles. The Morgan fingerprint density at radius 2 is 1.59 bits per heavy atom. The molecule has 0 bridgehead atoms. The van der Waals surface area contributed by atoms with Gasteiger partial charge in [0.2, 0.25) is 0 Å². The second-order valence-electron chi connectivity index (χ2n) is 9.27. The van der Waals surface area contributed by atoms with Crippen molar-refractivity contribution in [1.29, 1.82) is 0 Å². The number of piperidine rings is 1. The molecule has 170 valence electrons. The standard InChI is InChI=1S/C27H34FN3O/c1-21(2)20-32-27-12-8-23(9-13-27)18-31-26(16-22-6-10-24(28)11-7-22)17-25(29-31)19-30-14-4-3-5-15-30/h6-13,17,21H,3-5,14-16,18-20H2,1-2H3. The van der Waals surface area contributed by atoms with Crippen LogP contribution in [-0.4, -0.2) is 34.4 Å². The van der Waals surface area contributed by atoms with Crippen LogP contribution in [0.4, 0.5) is 4.39 Å². The Labute approximate surface area is 191 Å². The molecule has 0 N–H and O–H groups in total. The Kier molecular flexibility index (Phi) is 7.59. The molecule has 0 unspecified atom stereocenters. The average molecular weight is 436 g/mol. The topological polar surface area (TPSA) is 30.3 Å². The summed E-state index contributed by atoms with van der Waals surface area (Å²) in [7, 11) is 0. The van der Waals surface area contributed by atoms with Crippen molar-refractivity contribution in [2.75, 3.05) is 19.7 Å². The quantitative estimate of drug-likeness (QED) is 0.433. The molecule has 5 heteroatoms. The molecule has 3 aromatic rings. The van der Waals surface area contributed by atoms with E-state index < -0.39 is 0 Å². The van der Waals surface area contributed by atoms with Gasteiger partial charge < -0.3 is 4.74 Å². The molecule has 2 aromatic carbocycles. The maximum Gasteiger partial charge on any atom is 0.123 e. The van der Waals surface area contributed by atoms with Crippen LogP contribution >= 0.6 is 0 Å². The largest absolute Gasteiger partial charge is 0.493 e. The number of hydrogen-bond donors (Lipinski definition) is 0. The molecule has 32 heavy (non-hydrogen) atoms. The predicted molar refractivity (Wildman–Crippen MR) is 126 cm³/mol. The summed E-state index contributed by atoms with van der Waals surface area (Å²) in [6.07, 6.45) is 4.61. The number of benzene rings is 2. The summed E-state index contributed by atoms with van der Waals surface area (Å²) in [4.78, 5) is 2.50. The third kappa shape index (κ3) is 6.42. The van der Waals surface area contributed by atoms with Gasteiger partial charge in [0, 0.05) is 18.7 Å². The summed E-state index contributed by atoms with van der Waals surface area (Å²) >= 11 is 0. The second-order valence-corrected chi connectivity index (χ2v) is 9.27. The number of halogens is 1. The third-order valence-electron chi connectivity index (χ3n) is 5.89. The molecular formula is C27H34FN3O. The number of aromatic nitrogens is 2. The summed E-state index contributed by atoms with van der Waals surface area (Å²) in [5.41, 5.74) is 4.55. The molecule has 4 rings (SSSR count). The highest BCUT2D eigenvalue weighted by Crippen LogP contribution is 2.19. The van der Waals surface area contributed by atoms with E-state index in [0.29, 0.717) is 12.5 Å². The van der Waals surface area contributed by atoms with Crippen LogP contribution in [-0.2, 0) is 19.5 Å². The van der Waals surface area contributed by atoms with E-state index in [-0.39, 0.29) is 5.82 Å². The van der Waals surface area contributed by atoms with E-state index >= 15 is 0 Å². The van der Waals surface area contributed by atoms with E-state index in [4.69, 9.17) is 9.84 Å². The molecule has 1 saturated heterocycles. The molecule has 1 aliphatic rings. The maximum absolute atomic E-state index is 13.4. The average Bonchev–Trinajstić information content (AvgIpc) is 3.16. The Hall–Kier alpha value is -2.66. The van der Waals surface area contributed by atoms with Gasteiger partial charge in [0.25, 0.3) is 0 Å². The maximum atomic E-state index is 13.4. The van der Waals surface area contributed by atoms with Crippen LogP contribution in [0.2, 0.25) is 0 Å². The lowest BCUT2D eigenvalue weighted by molar-refractivity contribution is 0.218. The third-order valence-corrected chi connectivity index (χ3v) is 5.89. The number of hydrogen-bond acceptors (Lipinski definition) is 3. The molecule has 0 spiro atoms. The first-order chi connectivity index (χ1) is 15.5. The molecular weight excluding hydrogens is 401 g/mol. The highest BCUT2D eigenvalue weighted by Gasteiger charge is 2.15. The SMILES string of the molecule is CC(C)COc1ccc(Cn2nc(CN3CCCCC3)cc2Cc2ccc(F)cc2)cc1. The van der Waals surface area contributed by atoms with Crippen molar-refractivity contribution in [3.05, 3.63) is 82.9 Å². The van der Waals surface area contributed by atoms with Crippen molar-refractivity contribution in [2.45, 2.75) is 52.6 Å². The van der Waals surface area contributed by atoms with E-state index in [2.05, 4.69) is 41.6 Å². The van der Waals surface area contributed by atoms with Crippen molar-refractivity contribution in [2.24, 2.45) is 5.92 Å². The Morgan fingerprint density at radius 1 is 0.906 bits per heavy atom. The van der Waals surface area contributed by atoms with Crippen LogP contribution in [0.25, 0.3) is 0 Å². The van der Waals surface area contributed by atoms with Gasteiger partial charge >= 0.3 is 0 Å². The van der Waals surface area contributed by atoms with E-state index in [1.165, 1.54) is 37.0 Å². The lowest BCUT2D eigenvalue weighted by Gasteiger charge is -2.25. The van der Waals surface area contributed by atoms with Gasteiger partial charge in [0.15, 0.2) is 0 Å². The van der Waals surface area contributed by atoms with E-state index in [1.807, 2.05) is 24.3 Å². The number of nitrogens with zero attached hydrogens (tertiary/aromatic N) is 3. The summed E-state index contributed by atoms with van der Waals surface area (Å²) in [5.74, 6) is 1.21. The molecule has 4 nitrogen and oxygen atoms in total. The van der Waals surface area contributed by atoms with Crippen LogP contribution in [0.5, 0.6) is 5.75 Å². The summed E-state index contributed by atoms with van der Waals surface area (Å²) < 4.78 is 21.3. The summed E-state index contributed by atoms with van der Waals surface area (Å²) in [6, 6.07) is 17.3. The first-order valence-electron chi connectivity index (χ1n) is 11.8. The molecule has 0 saturated carbocycles. The summed E-state index contributed by atoms with van der Waals surface area (Å²) in [5, 5.41) is 4.96. The fraction of sp³-hybridized carbons (Fsp3) is 0.444. The zero-order chi connectivity index (χ0) is 22.3. The zero-order valence-corrected chi connectivity index (χ0v) is 19.3. The van der Waals surface area contributed by atoms with Gasteiger partial charge in [-0.05, 0) is 73.3 Å². The first kappa shape index (κ1) is 22.5. The van der Waals surface area contributed by atoms with Gasteiger partial charge in [-0.2, -0.15) is 5.10 Å². The van der Waals surface area contributed by atoms with Gasteiger partial charge in [-0.3, -0.25) is 9.58 Å². The van der Waals surface area contributed by atoms with Crippen molar-refractivity contribution in [3.63, 3.8) is 0 Å². The fourth-order valence-corrected chi connectivity index (χ4v) is 4.16. The minimum Gasteiger partial charge on any atom is -0.493 e. The Morgan fingerprint density at radius 3 is 2.28 bits per heavy atom. The zero-order valence-electron chi connectivity index (χ0n) is 19.3. The minimum absolute atomic E-state index is 0.201. The summed E-state index contributed by atoms with van der Waals surface area (Å²) in [6.45, 7) is 8.93. The lowest BCUT2D eigenvalue weighted by atomic mass is 10.1. The molecule has 0 amide bonds. The second kappa shape index (κ2) is 10.8. The van der Waals surface area contributed by atoms with E-state index in [1.54, 1.807) is 0 Å². The molecule has 0 aliphatic carbocycles. The number of likely N-dealkylation sites (tertiary alicyclic amines) is 1. The van der Waals surface area contributed by atoms with Crippen LogP contribution in [0, 0.1) is 11.7 Å². The van der Waals surface area contributed by atoms with Gasteiger partial charge in [-0.1, -0.05) is 44.5 Å². The molecule has 2 heterocycles. The van der Waals surface area contributed by atoms with Gasteiger partial charge in [0.05, 0.1) is 18.8 Å². The van der Waals surface area contributed by atoms with Crippen LogP contribution < -0.4 is 4.74 Å². The van der Waals surface area contributed by atoms with E-state index in [9.17, 15) is 4.39 Å². The minimum atomic E-state index is -0.201. The monoisotopic (exact) mass is 435 g/mol. The highest BCUT2D eigenvalue weighted by molar-refractivity contribution is 5.29. The van der Waals surface area contributed by atoms with Crippen molar-refractivity contribution >= 4 is 0 Å². The van der Waals surface area contributed by atoms with Crippen molar-refractivity contribution in [1.82, 2.24) is 14.7 Å². The van der Waals surface area contributed by atoms with Gasteiger partial charge in [-0.15, -0.1) is 0 Å². The van der Waals surface area contributed by atoms with Crippen LogP contribution in [0.1, 0.15) is 55.6 Å². The predicted octanol–water partition coefficient (Wildman–Crippen LogP) is 5.68. The molecule has 0 atom stereocenters. The molecule has 0 radical (unpaired) electrons. The highest BCUT2D eigenvalue weighted by atomic mass is 19.1. The lowest BCUT2D eigenvalue weighted by Crippen LogP contribution is -2.29. The fourth-order valence-electron chi connectivity index (χ4n) is 4.16.